The Labute approximate surface area is 229 Å². The summed E-state index contributed by atoms with van der Waals surface area (Å²) >= 11 is 1.27. The van der Waals surface area contributed by atoms with Crippen molar-refractivity contribution < 1.29 is 23.7 Å². The minimum absolute atomic E-state index is 0.0932. The summed E-state index contributed by atoms with van der Waals surface area (Å²) in [4.78, 5) is 32.0. The number of thioether (sulfide) groups is 1. The van der Waals surface area contributed by atoms with Gasteiger partial charge in [0.2, 0.25) is 19.5 Å². The molecule has 6 rings (SSSR count). The van der Waals surface area contributed by atoms with Crippen molar-refractivity contribution in [3.63, 3.8) is 0 Å². The van der Waals surface area contributed by atoms with E-state index in [0.717, 1.165) is 17.7 Å². The molecule has 4 aromatic rings. The summed E-state index contributed by atoms with van der Waals surface area (Å²) in [6, 6.07) is 16.8. The first-order valence-corrected chi connectivity index (χ1v) is 13.7. The van der Waals surface area contributed by atoms with E-state index in [1.165, 1.54) is 17.3 Å². The van der Waals surface area contributed by atoms with Crippen LogP contribution in [0.1, 0.15) is 31.4 Å². The maximum absolute atomic E-state index is 13.8. The van der Waals surface area contributed by atoms with Gasteiger partial charge in [0.15, 0.2) is 28.2 Å². The molecule has 0 saturated carbocycles. The second-order valence-corrected chi connectivity index (χ2v) is 10.4. The molecule has 1 amide bonds. The number of carbonyl (C=O) groups excluding carboxylic acids is 1. The number of nitrogens with zero attached hydrogens (tertiary/aromatic N) is 2. The Hall–Kier alpha value is -4.18. The second kappa shape index (κ2) is 10.5. The molecule has 10 heteroatoms. The molecule has 39 heavy (non-hydrogen) atoms. The summed E-state index contributed by atoms with van der Waals surface area (Å²) in [6.45, 7) is 4.53. The Morgan fingerprint density at radius 2 is 1.59 bits per heavy atom. The van der Waals surface area contributed by atoms with Gasteiger partial charge in [-0.2, -0.15) is 0 Å². The van der Waals surface area contributed by atoms with Crippen LogP contribution in [0.3, 0.4) is 0 Å². The normalized spacial score (nSPS) is 14.0. The number of amides is 1. The number of nitrogens with one attached hydrogen (secondary N) is 1. The lowest BCUT2D eigenvalue weighted by Gasteiger charge is -2.18. The number of anilines is 1. The summed E-state index contributed by atoms with van der Waals surface area (Å²) in [5, 5.41) is 3.38. The van der Waals surface area contributed by atoms with Crippen LogP contribution in [0.5, 0.6) is 23.0 Å². The average molecular weight is 546 g/mol. The van der Waals surface area contributed by atoms with Crippen LogP contribution >= 0.6 is 11.8 Å². The van der Waals surface area contributed by atoms with E-state index in [1.54, 1.807) is 16.7 Å². The van der Waals surface area contributed by atoms with Gasteiger partial charge in [0.1, 0.15) is 0 Å². The summed E-state index contributed by atoms with van der Waals surface area (Å²) < 4.78 is 23.6. The van der Waals surface area contributed by atoms with Crippen LogP contribution in [0.4, 0.5) is 5.69 Å². The van der Waals surface area contributed by atoms with Gasteiger partial charge in [-0.05, 0) is 54.3 Å². The highest BCUT2D eigenvalue weighted by molar-refractivity contribution is 8.00. The number of carbonyl (C=O) groups is 1. The Bertz CT molecular complexity index is 1620. The van der Waals surface area contributed by atoms with E-state index in [4.69, 9.17) is 23.9 Å². The van der Waals surface area contributed by atoms with Gasteiger partial charge in [0.25, 0.3) is 5.56 Å². The molecule has 0 spiro atoms. The maximum atomic E-state index is 13.8. The van der Waals surface area contributed by atoms with Crippen molar-refractivity contribution in [3.8, 4) is 23.0 Å². The van der Waals surface area contributed by atoms with E-state index in [9.17, 15) is 9.59 Å². The lowest BCUT2D eigenvalue weighted by Crippen LogP contribution is -2.28. The average Bonchev–Trinajstić information content (AvgIpc) is 3.62. The van der Waals surface area contributed by atoms with Gasteiger partial charge >= 0.3 is 0 Å². The number of aromatic nitrogens is 2. The van der Waals surface area contributed by atoms with E-state index >= 15 is 0 Å². The number of fused-ring (bicyclic) bond motifs is 3. The summed E-state index contributed by atoms with van der Waals surface area (Å²) in [6.07, 6.45) is 1.47. The zero-order valence-corrected chi connectivity index (χ0v) is 22.4. The van der Waals surface area contributed by atoms with Gasteiger partial charge in [-0.25, -0.2) is 4.98 Å². The SMILES string of the molecule is CCc1ccc(NC(=O)C(CC)Sc2nc3cc4c(cc3c(=O)n2Cc2ccc3c(c2)OCO3)OCO4)cc1. The third-order valence-corrected chi connectivity index (χ3v) is 8.09. The van der Waals surface area contributed by atoms with Gasteiger partial charge in [0.05, 0.1) is 22.7 Å². The molecule has 1 N–H and O–H groups in total. The molecule has 2 aliphatic heterocycles. The van der Waals surface area contributed by atoms with Crippen LogP contribution in [-0.4, -0.2) is 34.3 Å². The molecule has 1 aromatic heterocycles. The van der Waals surface area contributed by atoms with Crippen LogP contribution in [0, 0.1) is 0 Å². The number of hydrogen-bond acceptors (Lipinski definition) is 8. The second-order valence-electron chi connectivity index (χ2n) is 9.25. The molecular weight excluding hydrogens is 518 g/mol. The fourth-order valence-corrected chi connectivity index (χ4v) is 5.55. The highest BCUT2D eigenvalue weighted by Crippen LogP contribution is 2.36. The zero-order chi connectivity index (χ0) is 26.9. The van der Waals surface area contributed by atoms with Crippen molar-refractivity contribution in [2.24, 2.45) is 0 Å². The van der Waals surface area contributed by atoms with Crippen LogP contribution in [-0.2, 0) is 17.8 Å². The third kappa shape index (κ3) is 4.99. The van der Waals surface area contributed by atoms with E-state index in [0.29, 0.717) is 45.5 Å². The topological polar surface area (TPSA) is 101 Å². The summed E-state index contributed by atoms with van der Waals surface area (Å²) in [7, 11) is 0. The molecule has 3 heterocycles. The number of aryl methyl sites for hydroxylation is 1. The van der Waals surface area contributed by atoms with Gasteiger partial charge in [0, 0.05) is 11.8 Å². The first kappa shape index (κ1) is 25.1. The van der Waals surface area contributed by atoms with E-state index in [2.05, 4.69) is 12.2 Å². The van der Waals surface area contributed by atoms with Gasteiger partial charge in [-0.1, -0.05) is 43.8 Å². The summed E-state index contributed by atoms with van der Waals surface area (Å²) in [5.74, 6) is 2.20. The highest BCUT2D eigenvalue weighted by Gasteiger charge is 2.25. The molecule has 0 fully saturated rings. The first-order chi connectivity index (χ1) is 19.0. The minimum atomic E-state index is -0.475. The molecule has 0 aliphatic carbocycles. The molecule has 0 saturated heterocycles. The van der Waals surface area contributed by atoms with Gasteiger partial charge < -0.3 is 24.3 Å². The van der Waals surface area contributed by atoms with Crippen molar-refractivity contribution in [1.29, 1.82) is 0 Å². The Balaban J connectivity index is 1.36. The van der Waals surface area contributed by atoms with Crippen molar-refractivity contribution in [2.45, 2.75) is 43.6 Å². The van der Waals surface area contributed by atoms with Crippen molar-refractivity contribution in [3.05, 3.63) is 76.1 Å². The standard InChI is InChI=1S/C29H27N3O6S/c1-3-17-5-8-19(9-6-17)30-27(33)26(4-2)39-29-31-21-13-25-24(37-16-38-25)12-20(21)28(34)32(29)14-18-7-10-22-23(11-18)36-15-35-22/h5-13,26H,3-4,14-16H2,1-2H3,(H,30,33). The summed E-state index contributed by atoms with van der Waals surface area (Å²) in [5.41, 5.74) is 3.03. The number of hydrogen-bond donors (Lipinski definition) is 1. The molecule has 1 atom stereocenters. The zero-order valence-electron chi connectivity index (χ0n) is 21.6. The van der Waals surface area contributed by atoms with E-state index in [-0.39, 0.29) is 31.6 Å². The van der Waals surface area contributed by atoms with Gasteiger partial charge in [-0.3, -0.25) is 14.2 Å². The van der Waals surface area contributed by atoms with Crippen LogP contribution in [0.15, 0.2) is 64.5 Å². The van der Waals surface area contributed by atoms with Crippen LogP contribution in [0.2, 0.25) is 0 Å². The fourth-order valence-electron chi connectivity index (χ4n) is 4.54. The quantitative estimate of drug-likeness (QED) is 0.245. The largest absolute Gasteiger partial charge is 0.454 e. The molecule has 2 aliphatic rings. The number of benzene rings is 3. The van der Waals surface area contributed by atoms with Crippen LogP contribution < -0.4 is 29.8 Å². The molecule has 0 radical (unpaired) electrons. The molecule has 0 bridgehead atoms. The molecule has 200 valence electrons. The fraction of sp³-hybridized carbons (Fsp3) is 0.276. The van der Waals surface area contributed by atoms with Crippen molar-refractivity contribution >= 4 is 34.3 Å². The van der Waals surface area contributed by atoms with Crippen molar-refractivity contribution in [2.75, 3.05) is 18.9 Å². The third-order valence-electron chi connectivity index (χ3n) is 6.73. The monoisotopic (exact) mass is 545 g/mol. The molecular formula is C29H27N3O6S. The maximum Gasteiger partial charge on any atom is 0.262 e. The van der Waals surface area contributed by atoms with E-state index in [1.807, 2.05) is 49.4 Å². The van der Waals surface area contributed by atoms with Crippen LogP contribution in [0.25, 0.3) is 10.9 Å². The molecule has 3 aromatic carbocycles. The Kier molecular flexibility index (Phi) is 6.78. The minimum Gasteiger partial charge on any atom is -0.454 e. The predicted molar refractivity (Wildman–Crippen MR) is 148 cm³/mol. The smallest absolute Gasteiger partial charge is 0.262 e. The predicted octanol–water partition coefficient (Wildman–Crippen LogP) is 4.97. The molecule has 1 unspecified atom stereocenters. The number of ether oxygens (including phenoxy) is 4. The lowest BCUT2D eigenvalue weighted by atomic mass is 10.1. The Morgan fingerprint density at radius 3 is 2.31 bits per heavy atom. The number of rotatable bonds is 8. The van der Waals surface area contributed by atoms with Crippen molar-refractivity contribution in [1.82, 2.24) is 9.55 Å². The molecule has 9 nitrogen and oxygen atoms in total. The van der Waals surface area contributed by atoms with E-state index < -0.39 is 5.25 Å². The lowest BCUT2D eigenvalue weighted by molar-refractivity contribution is -0.115. The first-order valence-electron chi connectivity index (χ1n) is 12.8. The Morgan fingerprint density at radius 1 is 0.923 bits per heavy atom. The van der Waals surface area contributed by atoms with Gasteiger partial charge in [-0.15, -0.1) is 0 Å². The highest BCUT2D eigenvalue weighted by atomic mass is 32.2.